The van der Waals surface area contributed by atoms with Gasteiger partial charge in [0.15, 0.2) is 0 Å². The molecule has 2 heterocycles. The van der Waals surface area contributed by atoms with Gasteiger partial charge in [0.1, 0.15) is 5.69 Å². The first-order chi connectivity index (χ1) is 13.5. The molecule has 1 aromatic carbocycles. The number of anilines is 1. The molecular weight excluding hydrogens is 366 g/mol. The maximum Gasteiger partial charge on any atom is 0.338 e. The molecule has 1 saturated heterocycles. The number of piperidine rings is 1. The van der Waals surface area contributed by atoms with Gasteiger partial charge in [-0.15, -0.1) is 0 Å². The molecule has 1 aliphatic heterocycles. The Balaban J connectivity index is 1.46. The van der Waals surface area contributed by atoms with Crippen LogP contribution in [0.1, 0.15) is 35.7 Å². The van der Waals surface area contributed by atoms with Crippen molar-refractivity contribution in [3.63, 3.8) is 0 Å². The third kappa shape index (κ3) is 4.45. The molecule has 1 aliphatic rings. The Bertz CT molecular complexity index is 873. The second-order valence-corrected chi connectivity index (χ2v) is 6.58. The van der Waals surface area contributed by atoms with Crippen LogP contribution < -0.4 is 5.32 Å². The highest BCUT2D eigenvalue weighted by Gasteiger charge is 2.24. The SMILES string of the molecule is O=C(O)c1cnn(C2CCN(C(=O)CCNc3ccccc3[N+](=O)[O-])CC2)c1. The van der Waals surface area contributed by atoms with Crippen molar-refractivity contribution < 1.29 is 19.6 Å². The molecule has 10 heteroatoms. The Morgan fingerprint density at radius 3 is 2.64 bits per heavy atom. The lowest BCUT2D eigenvalue weighted by Gasteiger charge is -2.32. The summed E-state index contributed by atoms with van der Waals surface area (Å²) in [6.07, 6.45) is 4.48. The number of hydrogen-bond acceptors (Lipinski definition) is 6. The number of para-hydroxylation sites is 2. The third-order valence-corrected chi connectivity index (χ3v) is 4.79. The highest BCUT2D eigenvalue weighted by Crippen LogP contribution is 2.24. The number of nitro benzene ring substituents is 1. The van der Waals surface area contributed by atoms with Gasteiger partial charge in [-0.25, -0.2) is 4.79 Å². The molecule has 2 aromatic rings. The zero-order chi connectivity index (χ0) is 20.1. The summed E-state index contributed by atoms with van der Waals surface area (Å²) in [4.78, 5) is 35.7. The quantitative estimate of drug-likeness (QED) is 0.550. The van der Waals surface area contributed by atoms with Crippen LogP contribution in [0.2, 0.25) is 0 Å². The minimum absolute atomic E-state index is 0.0174. The fraction of sp³-hybridized carbons (Fsp3) is 0.389. The van der Waals surface area contributed by atoms with Crippen LogP contribution in [0.3, 0.4) is 0 Å². The maximum atomic E-state index is 12.4. The van der Waals surface area contributed by atoms with E-state index in [-0.39, 0.29) is 29.6 Å². The number of nitrogens with one attached hydrogen (secondary N) is 1. The first-order valence-electron chi connectivity index (χ1n) is 8.98. The number of carboxylic acid groups (broad SMARTS) is 1. The van der Waals surface area contributed by atoms with E-state index in [0.717, 1.165) is 0 Å². The van der Waals surface area contributed by atoms with Gasteiger partial charge in [0.05, 0.1) is 22.7 Å². The number of nitrogens with zero attached hydrogens (tertiary/aromatic N) is 4. The van der Waals surface area contributed by atoms with Crippen molar-refractivity contribution in [2.45, 2.75) is 25.3 Å². The van der Waals surface area contributed by atoms with Crippen LogP contribution in [-0.2, 0) is 4.79 Å². The summed E-state index contributed by atoms with van der Waals surface area (Å²) in [5.74, 6) is -1.03. The zero-order valence-corrected chi connectivity index (χ0v) is 15.2. The lowest BCUT2D eigenvalue weighted by molar-refractivity contribution is -0.384. The Kier molecular flexibility index (Phi) is 5.87. The largest absolute Gasteiger partial charge is 0.478 e. The summed E-state index contributed by atoms with van der Waals surface area (Å²) in [5, 5.41) is 27.0. The molecule has 1 aromatic heterocycles. The van der Waals surface area contributed by atoms with Crippen LogP contribution in [0, 0.1) is 10.1 Å². The van der Waals surface area contributed by atoms with Gasteiger partial charge in [0, 0.05) is 38.3 Å². The highest BCUT2D eigenvalue weighted by atomic mass is 16.6. The summed E-state index contributed by atoms with van der Waals surface area (Å²) in [7, 11) is 0. The summed E-state index contributed by atoms with van der Waals surface area (Å²) < 4.78 is 1.65. The van der Waals surface area contributed by atoms with Crippen molar-refractivity contribution in [2.24, 2.45) is 0 Å². The number of benzene rings is 1. The van der Waals surface area contributed by atoms with Crippen LogP contribution in [0.15, 0.2) is 36.7 Å². The zero-order valence-electron chi connectivity index (χ0n) is 15.2. The number of nitro groups is 1. The fourth-order valence-electron chi connectivity index (χ4n) is 3.27. The van der Waals surface area contributed by atoms with Crippen LogP contribution in [0.5, 0.6) is 0 Å². The number of carbonyl (C=O) groups excluding carboxylic acids is 1. The Hall–Kier alpha value is -3.43. The van der Waals surface area contributed by atoms with Gasteiger partial charge < -0.3 is 15.3 Å². The Labute approximate surface area is 160 Å². The highest BCUT2D eigenvalue weighted by molar-refractivity contribution is 5.86. The topological polar surface area (TPSA) is 131 Å². The molecule has 28 heavy (non-hydrogen) atoms. The molecule has 1 amide bonds. The molecule has 0 bridgehead atoms. The molecule has 1 fully saturated rings. The minimum Gasteiger partial charge on any atom is -0.478 e. The van der Waals surface area contributed by atoms with Crippen LogP contribution in [-0.4, -0.2) is 56.2 Å². The summed E-state index contributed by atoms with van der Waals surface area (Å²) >= 11 is 0. The molecule has 0 aliphatic carbocycles. The molecule has 2 N–H and O–H groups in total. The monoisotopic (exact) mass is 387 g/mol. The first-order valence-corrected chi connectivity index (χ1v) is 8.98. The van der Waals surface area contributed by atoms with Crippen LogP contribution in [0.4, 0.5) is 11.4 Å². The summed E-state index contributed by atoms with van der Waals surface area (Å²) in [6, 6.07) is 6.40. The first kappa shape index (κ1) is 19.3. The Morgan fingerprint density at radius 1 is 1.29 bits per heavy atom. The number of carboxylic acids is 1. The van der Waals surface area contributed by atoms with Crippen molar-refractivity contribution in [2.75, 3.05) is 25.0 Å². The van der Waals surface area contributed by atoms with Gasteiger partial charge in [0.25, 0.3) is 5.69 Å². The molecule has 148 valence electrons. The third-order valence-electron chi connectivity index (χ3n) is 4.79. The van der Waals surface area contributed by atoms with E-state index in [1.807, 2.05) is 0 Å². The smallest absolute Gasteiger partial charge is 0.338 e. The number of aromatic carboxylic acids is 1. The molecule has 0 spiro atoms. The average Bonchev–Trinajstić information content (AvgIpc) is 3.19. The van der Waals surface area contributed by atoms with E-state index in [1.165, 1.54) is 18.5 Å². The second kappa shape index (κ2) is 8.51. The van der Waals surface area contributed by atoms with E-state index in [9.17, 15) is 19.7 Å². The standard InChI is InChI=1S/C18H21N5O5/c24-17(5-8-19-15-3-1-2-4-16(15)23(27)28)21-9-6-14(7-10-21)22-12-13(11-20-22)18(25)26/h1-4,11-12,14,19H,5-10H2,(H,25,26). The summed E-state index contributed by atoms with van der Waals surface area (Å²) in [5.41, 5.74) is 0.530. The maximum absolute atomic E-state index is 12.4. The van der Waals surface area contributed by atoms with Gasteiger partial charge in [-0.2, -0.15) is 5.10 Å². The fourth-order valence-corrected chi connectivity index (χ4v) is 3.27. The van der Waals surface area contributed by atoms with Crippen molar-refractivity contribution in [3.8, 4) is 0 Å². The van der Waals surface area contributed by atoms with E-state index in [0.29, 0.717) is 38.2 Å². The normalized spacial score (nSPS) is 14.6. The van der Waals surface area contributed by atoms with Crippen molar-refractivity contribution in [1.29, 1.82) is 0 Å². The predicted octanol–water partition coefficient (Wildman–Crippen LogP) is 2.16. The number of carbonyl (C=O) groups is 2. The van der Waals surface area contributed by atoms with Crippen molar-refractivity contribution >= 4 is 23.3 Å². The van der Waals surface area contributed by atoms with Crippen molar-refractivity contribution in [3.05, 3.63) is 52.3 Å². The number of hydrogen-bond donors (Lipinski definition) is 2. The van der Waals surface area contributed by atoms with Gasteiger partial charge in [-0.3, -0.25) is 19.6 Å². The number of aromatic nitrogens is 2. The molecule has 0 radical (unpaired) electrons. The van der Waals surface area contributed by atoms with E-state index in [4.69, 9.17) is 5.11 Å². The molecular formula is C18H21N5O5. The predicted molar refractivity (Wildman–Crippen MR) is 100 cm³/mol. The number of rotatable bonds is 7. The molecule has 10 nitrogen and oxygen atoms in total. The lowest BCUT2D eigenvalue weighted by atomic mass is 10.0. The van der Waals surface area contributed by atoms with Crippen LogP contribution in [0.25, 0.3) is 0 Å². The second-order valence-electron chi connectivity index (χ2n) is 6.58. The van der Waals surface area contributed by atoms with Gasteiger partial charge in [-0.05, 0) is 18.9 Å². The lowest BCUT2D eigenvalue weighted by Crippen LogP contribution is -2.39. The van der Waals surface area contributed by atoms with Gasteiger partial charge in [0.2, 0.25) is 5.91 Å². The average molecular weight is 387 g/mol. The molecule has 3 rings (SSSR count). The van der Waals surface area contributed by atoms with Crippen LogP contribution >= 0.6 is 0 Å². The van der Waals surface area contributed by atoms with E-state index < -0.39 is 10.9 Å². The minimum atomic E-state index is -1.01. The van der Waals surface area contributed by atoms with E-state index in [1.54, 1.807) is 27.8 Å². The number of amides is 1. The van der Waals surface area contributed by atoms with E-state index in [2.05, 4.69) is 10.4 Å². The van der Waals surface area contributed by atoms with Crippen molar-refractivity contribution in [1.82, 2.24) is 14.7 Å². The van der Waals surface area contributed by atoms with Gasteiger partial charge in [-0.1, -0.05) is 12.1 Å². The molecule has 0 saturated carbocycles. The number of likely N-dealkylation sites (tertiary alicyclic amines) is 1. The summed E-state index contributed by atoms with van der Waals surface area (Å²) in [6.45, 7) is 1.44. The Morgan fingerprint density at radius 2 is 2.00 bits per heavy atom. The van der Waals surface area contributed by atoms with Gasteiger partial charge >= 0.3 is 5.97 Å². The molecule has 0 atom stereocenters. The van der Waals surface area contributed by atoms with E-state index >= 15 is 0 Å². The molecule has 0 unspecified atom stereocenters.